The largest absolute Gasteiger partial charge is 0.397 e. The molecule has 4 unspecified atom stereocenters. The normalized spacial score (nSPS) is 36.6. The maximum Gasteiger partial charge on any atom is 0.397 e. The third kappa shape index (κ3) is 9.99. The maximum absolute atomic E-state index is 11.9. The van der Waals surface area contributed by atoms with Crippen LogP contribution >= 0.6 is 0 Å². The number of rotatable bonds is 21. The molecule has 0 radical (unpaired) electrons. The molecule has 0 aromatic rings. The van der Waals surface area contributed by atoms with Gasteiger partial charge in [0, 0.05) is 6.04 Å². The van der Waals surface area contributed by atoms with Crippen LogP contribution in [0.25, 0.3) is 0 Å². The lowest BCUT2D eigenvalue weighted by molar-refractivity contribution is -0.167. The first-order valence-electron chi connectivity index (χ1n) is 20.0. The molecule has 0 aromatic heterocycles. The second-order valence-corrected chi connectivity index (χ2v) is 18.6. The fourth-order valence-electron chi connectivity index (χ4n) is 11.5. The van der Waals surface area contributed by atoms with Crippen LogP contribution in [-0.4, -0.2) is 86.8 Å². The van der Waals surface area contributed by atoms with Gasteiger partial charge in [-0.25, -0.2) is 4.18 Å². The molecule has 4 aliphatic rings. The molecular formula is C38H74N4O6S. The highest BCUT2D eigenvalue weighted by Gasteiger charge is 2.63. The smallest absolute Gasteiger partial charge is 0.393 e. The van der Waals surface area contributed by atoms with Gasteiger partial charge in [0.05, 0.1) is 12.7 Å². The lowest BCUT2D eigenvalue weighted by Crippen LogP contribution is -2.59. The standard InChI is InChI=1S/C38H74N4O6S/c1-27(2)38(26-43,48-49(45,46)47)17-12-28(3)31-10-11-32-35-33(14-16-37(31,32)5)36(4)15-13-30(24-29(36)25-34(35)44)42-23-9-22-41-20-7-6-19-40-21-8-18-39/h27-35,40-44H,6-26,39H2,1-5H3,(H,45,46,47)/t28-,29-,30+,31-,32?,33?,34?,35?,36+,37-,38-/m1/s1. The highest BCUT2D eigenvalue weighted by Crippen LogP contribution is 2.68. The summed E-state index contributed by atoms with van der Waals surface area (Å²) in [7, 11) is -4.69. The molecule has 11 heteroatoms. The molecule has 0 saturated heterocycles. The van der Waals surface area contributed by atoms with Gasteiger partial charge in [-0.05, 0) is 181 Å². The molecule has 0 aliphatic heterocycles. The van der Waals surface area contributed by atoms with Crippen molar-refractivity contribution in [3.63, 3.8) is 0 Å². The van der Waals surface area contributed by atoms with Crippen molar-refractivity contribution < 1.29 is 27.4 Å². The Bertz CT molecular complexity index is 1110. The van der Waals surface area contributed by atoms with Gasteiger partial charge >= 0.3 is 10.4 Å². The Hall–Kier alpha value is -0.370. The van der Waals surface area contributed by atoms with Crippen molar-refractivity contribution in [3.05, 3.63) is 0 Å². The van der Waals surface area contributed by atoms with E-state index in [1.54, 1.807) is 0 Å². The van der Waals surface area contributed by atoms with Crippen LogP contribution in [0.2, 0.25) is 0 Å². The van der Waals surface area contributed by atoms with Crippen molar-refractivity contribution in [3.8, 4) is 0 Å². The highest BCUT2D eigenvalue weighted by molar-refractivity contribution is 7.80. The Balaban J connectivity index is 1.25. The van der Waals surface area contributed by atoms with Crippen LogP contribution in [-0.2, 0) is 14.6 Å². The van der Waals surface area contributed by atoms with Crippen LogP contribution in [0.5, 0.6) is 0 Å². The molecule has 0 amide bonds. The number of nitrogens with one attached hydrogen (secondary N) is 3. The van der Waals surface area contributed by atoms with Crippen molar-refractivity contribution in [1.29, 1.82) is 0 Å². The molecule has 4 aliphatic carbocycles. The van der Waals surface area contributed by atoms with E-state index in [1.165, 1.54) is 44.9 Å². The maximum atomic E-state index is 11.9. The van der Waals surface area contributed by atoms with Crippen LogP contribution < -0.4 is 21.7 Å². The number of aliphatic hydroxyl groups excluding tert-OH is 2. The molecule has 0 aromatic carbocycles. The molecule has 49 heavy (non-hydrogen) atoms. The van der Waals surface area contributed by atoms with Crippen molar-refractivity contribution in [1.82, 2.24) is 16.0 Å². The average Bonchev–Trinajstić information content (AvgIpc) is 3.40. The Morgan fingerprint density at radius 3 is 2.14 bits per heavy atom. The second kappa shape index (κ2) is 18.1. The van der Waals surface area contributed by atoms with Crippen LogP contribution in [0.3, 0.4) is 0 Å². The number of aliphatic hydroxyl groups is 2. The third-order valence-electron chi connectivity index (χ3n) is 14.5. The molecular weight excluding hydrogens is 641 g/mol. The second-order valence-electron chi connectivity index (χ2n) is 17.6. The Kier molecular flexibility index (Phi) is 15.3. The summed E-state index contributed by atoms with van der Waals surface area (Å²) in [6.45, 7) is 16.5. The molecule has 288 valence electrons. The van der Waals surface area contributed by atoms with Crippen LogP contribution in [0, 0.1) is 52.3 Å². The SMILES string of the molecule is CC(C)[C@](CO)(CC[C@@H](C)[C@H]1CCC2C3C(O)C[C@H]4C[C@@H](NCCCNCCCCNCCCN)CC[C@]4(C)C3CC[C@@]21C)OS(=O)(=O)O. The molecule has 0 bridgehead atoms. The third-order valence-corrected chi connectivity index (χ3v) is 15.1. The molecule has 4 rings (SSSR count). The van der Waals surface area contributed by atoms with Gasteiger partial charge in [-0.1, -0.05) is 34.6 Å². The van der Waals surface area contributed by atoms with E-state index in [1.807, 2.05) is 13.8 Å². The summed E-state index contributed by atoms with van der Waals surface area (Å²) in [4.78, 5) is 0. The fourth-order valence-corrected chi connectivity index (χ4v) is 12.2. The number of fused-ring (bicyclic) bond motifs is 5. The number of hydrogen-bond donors (Lipinski definition) is 7. The van der Waals surface area contributed by atoms with E-state index >= 15 is 0 Å². The first-order chi connectivity index (χ1) is 23.2. The topological polar surface area (TPSA) is 166 Å². The van der Waals surface area contributed by atoms with E-state index in [4.69, 9.17) is 9.92 Å². The lowest BCUT2D eigenvalue weighted by atomic mass is 9.43. The minimum Gasteiger partial charge on any atom is -0.393 e. The predicted molar refractivity (Wildman–Crippen MR) is 197 cm³/mol. The summed E-state index contributed by atoms with van der Waals surface area (Å²) >= 11 is 0. The van der Waals surface area contributed by atoms with E-state index in [-0.39, 0.29) is 17.4 Å². The minimum atomic E-state index is -4.69. The fraction of sp³-hybridized carbons (Fsp3) is 1.00. The summed E-state index contributed by atoms with van der Waals surface area (Å²) in [6.07, 6.45) is 14.6. The van der Waals surface area contributed by atoms with E-state index < -0.39 is 22.6 Å². The monoisotopic (exact) mass is 715 g/mol. The Morgan fingerprint density at radius 2 is 1.51 bits per heavy atom. The van der Waals surface area contributed by atoms with Gasteiger partial charge < -0.3 is 31.9 Å². The van der Waals surface area contributed by atoms with E-state index in [2.05, 4.69) is 36.7 Å². The predicted octanol–water partition coefficient (Wildman–Crippen LogP) is 4.90. The molecule has 8 N–H and O–H groups in total. The van der Waals surface area contributed by atoms with E-state index in [0.29, 0.717) is 53.4 Å². The van der Waals surface area contributed by atoms with E-state index in [9.17, 15) is 23.2 Å². The number of nitrogens with two attached hydrogens (primary N) is 1. The summed E-state index contributed by atoms with van der Waals surface area (Å²) < 4.78 is 38.0. The number of hydrogen-bond acceptors (Lipinski definition) is 9. The summed E-state index contributed by atoms with van der Waals surface area (Å²) in [5.74, 6) is 2.51. The van der Waals surface area contributed by atoms with Crippen LogP contribution in [0.4, 0.5) is 0 Å². The Labute approximate surface area is 299 Å². The molecule has 11 atom stereocenters. The van der Waals surface area contributed by atoms with Gasteiger partial charge in [-0.2, -0.15) is 8.42 Å². The first kappa shape index (κ1) is 41.4. The molecule has 0 spiro atoms. The highest BCUT2D eigenvalue weighted by atomic mass is 32.3. The van der Waals surface area contributed by atoms with Gasteiger partial charge in [-0.15, -0.1) is 0 Å². The zero-order chi connectivity index (χ0) is 35.9. The van der Waals surface area contributed by atoms with Gasteiger partial charge in [0.2, 0.25) is 0 Å². The molecule has 4 fully saturated rings. The summed E-state index contributed by atoms with van der Waals surface area (Å²) in [6, 6.07) is 0.550. The zero-order valence-corrected chi connectivity index (χ0v) is 32.4. The molecule has 4 saturated carbocycles. The Morgan fingerprint density at radius 1 is 0.878 bits per heavy atom. The van der Waals surface area contributed by atoms with Crippen molar-refractivity contribution in [2.45, 2.75) is 142 Å². The van der Waals surface area contributed by atoms with Gasteiger partial charge in [0.15, 0.2) is 0 Å². The van der Waals surface area contributed by atoms with Gasteiger partial charge in [0.1, 0.15) is 5.60 Å². The summed E-state index contributed by atoms with van der Waals surface area (Å²) in [5, 5.41) is 33.0. The van der Waals surface area contributed by atoms with Gasteiger partial charge in [0.25, 0.3) is 0 Å². The first-order valence-corrected chi connectivity index (χ1v) is 21.4. The minimum absolute atomic E-state index is 0.141. The van der Waals surface area contributed by atoms with Gasteiger partial charge in [-0.3, -0.25) is 4.55 Å². The summed E-state index contributed by atoms with van der Waals surface area (Å²) in [5.41, 5.74) is 4.65. The molecule has 10 nitrogen and oxygen atoms in total. The van der Waals surface area contributed by atoms with Crippen LogP contribution in [0.15, 0.2) is 0 Å². The van der Waals surface area contributed by atoms with Crippen molar-refractivity contribution in [2.75, 3.05) is 45.9 Å². The average molecular weight is 715 g/mol. The number of unbranched alkanes of at least 4 members (excludes halogenated alkanes) is 1. The lowest BCUT2D eigenvalue weighted by Gasteiger charge is -2.62. The quantitative estimate of drug-likeness (QED) is 0.0643. The van der Waals surface area contributed by atoms with Crippen molar-refractivity contribution in [2.24, 2.45) is 58.0 Å². The van der Waals surface area contributed by atoms with Crippen LogP contribution in [0.1, 0.15) is 125 Å². The molecule has 0 heterocycles. The van der Waals surface area contributed by atoms with E-state index in [0.717, 1.165) is 77.8 Å². The van der Waals surface area contributed by atoms with Crippen molar-refractivity contribution >= 4 is 10.4 Å². The zero-order valence-electron chi connectivity index (χ0n) is 31.6.